The van der Waals surface area contributed by atoms with E-state index in [0.29, 0.717) is 18.4 Å². The maximum absolute atomic E-state index is 12.3. The molecule has 20 heavy (non-hydrogen) atoms. The number of nitrogens with one attached hydrogen (secondary N) is 1. The first-order valence-corrected chi connectivity index (χ1v) is 7.39. The van der Waals surface area contributed by atoms with Crippen LogP contribution in [0.2, 0.25) is 0 Å². The summed E-state index contributed by atoms with van der Waals surface area (Å²) in [6.07, 6.45) is 1.38. The van der Waals surface area contributed by atoms with Crippen molar-refractivity contribution >= 4 is 5.91 Å². The third-order valence-electron chi connectivity index (χ3n) is 3.99. The lowest BCUT2D eigenvalue weighted by Crippen LogP contribution is -2.50. The number of amides is 1. The lowest BCUT2D eigenvalue weighted by atomic mass is 9.93. The Bertz CT molecular complexity index is 462. The second-order valence-corrected chi connectivity index (χ2v) is 5.62. The molecule has 2 N–H and O–H groups in total. The Morgan fingerprint density at radius 2 is 2.30 bits per heavy atom. The van der Waals surface area contributed by atoms with Gasteiger partial charge in [0.15, 0.2) is 0 Å². The Morgan fingerprint density at radius 1 is 1.50 bits per heavy atom. The first-order valence-electron chi connectivity index (χ1n) is 7.39. The van der Waals surface area contributed by atoms with Gasteiger partial charge >= 0.3 is 0 Å². The zero-order valence-electron chi connectivity index (χ0n) is 12.3. The maximum Gasteiger partial charge on any atom is 0.227 e. The average molecular weight is 276 g/mol. The molecule has 2 atom stereocenters. The Kier molecular flexibility index (Phi) is 5.01. The molecule has 0 radical (unpaired) electrons. The molecule has 0 bridgehead atoms. The fourth-order valence-corrected chi connectivity index (χ4v) is 2.89. The Balaban J connectivity index is 1.91. The van der Waals surface area contributed by atoms with Gasteiger partial charge in [-0.15, -0.1) is 0 Å². The molecular formula is C16H24N2O2. The van der Waals surface area contributed by atoms with Crippen LogP contribution in [-0.4, -0.2) is 41.6 Å². The molecule has 0 saturated carbocycles. The standard InChI is InChI=1S/C16H24N2O2/c1-3-17-15-7-8-18(11-12(15)2)16(20)10-13-5-4-6-14(19)9-13/h4-6,9,12,15,17,19H,3,7-8,10-11H2,1-2H3. The highest BCUT2D eigenvalue weighted by molar-refractivity contribution is 5.79. The number of aromatic hydroxyl groups is 1. The summed E-state index contributed by atoms with van der Waals surface area (Å²) in [6.45, 7) is 6.93. The summed E-state index contributed by atoms with van der Waals surface area (Å²) in [5.74, 6) is 0.851. The van der Waals surface area contributed by atoms with Crippen molar-refractivity contribution in [2.24, 2.45) is 5.92 Å². The molecule has 1 amide bonds. The highest BCUT2D eigenvalue weighted by atomic mass is 16.3. The van der Waals surface area contributed by atoms with Crippen molar-refractivity contribution in [1.82, 2.24) is 10.2 Å². The molecule has 2 rings (SSSR count). The highest BCUT2D eigenvalue weighted by Gasteiger charge is 2.27. The van der Waals surface area contributed by atoms with Crippen molar-refractivity contribution in [1.29, 1.82) is 0 Å². The van der Waals surface area contributed by atoms with Crippen LogP contribution in [0.25, 0.3) is 0 Å². The molecule has 0 aromatic heterocycles. The van der Waals surface area contributed by atoms with Gasteiger partial charge in [-0.1, -0.05) is 26.0 Å². The monoisotopic (exact) mass is 276 g/mol. The largest absolute Gasteiger partial charge is 0.508 e. The summed E-state index contributed by atoms with van der Waals surface area (Å²) in [7, 11) is 0. The van der Waals surface area contributed by atoms with E-state index in [4.69, 9.17) is 0 Å². The van der Waals surface area contributed by atoms with E-state index in [-0.39, 0.29) is 11.7 Å². The second kappa shape index (κ2) is 6.75. The fourth-order valence-electron chi connectivity index (χ4n) is 2.89. The third kappa shape index (κ3) is 3.73. The summed E-state index contributed by atoms with van der Waals surface area (Å²) < 4.78 is 0. The summed E-state index contributed by atoms with van der Waals surface area (Å²) in [4.78, 5) is 14.3. The summed E-state index contributed by atoms with van der Waals surface area (Å²) in [6, 6.07) is 7.46. The average Bonchev–Trinajstić information content (AvgIpc) is 2.41. The third-order valence-corrected chi connectivity index (χ3v) is 3.99. The summed E-state index contributed by atoms with van der Waals surface area (Å²) in [5, 5.41) is 12.9. The van der Waals surface area contributed by atoms with Crippen molar-refractivity contribution in [3.05, 3.63) is 29.8 Å². The molecule has 0 spiro atoms. The van der Waals surface area contributed by atoms with Crippen LogP contribution in [0.3, 0.4) is 0 Å². The number of rotatable bonds is 4. The van der Waals surface area contributed by atoms with Crippen LogP contribution in [0, 0.1) is 5.92 Å². The quantitative estimate of drug-likeness (QED) is 0.881. The van der Waals surface area contributed by atoms with Gasteiger partial charge in [0.25, 0.3) is 0 Å². The maximum atomic E-state index is 12.3. The minimum atomic E-state index is 0.150. The Hall–Kier alpha value is -1.55. The molecule has 4 nitrogen and oxygen atoms in total. The van der Waals surface area contributed by atoms with Gasteiger partial charge in [-0.3, -0.25) is 4.79 Å². The van der Waals surface area contributed by atoms with Gasteiger partial charge in [0, 0.05) is 19.1 Å². The number of phenols is 1. The SMILES string of the molecule is CCNC1CCN(C(=O)Cc2cccc(O)c2)CC1C. The number of carbonyl (C=O) groups excluding carboxylic acids is 1. The summed E-state index contributed by atoms with van der Waals surface area (Å²) >= 11 is 0. The minimum absolute atomic E-state index is 0.150. The van der Waals surface area contributed by atoms with Crippen LogP contribution in [0.5, 0.6) is 5.75 Å². The van der Waals surface area contributed by atoms with Gasteiger partial charge in [-0.05, 0) is 36.6 Å². The lowest BCUT2D eigenvalue weighted by Gasteiger charge is -2.37. The van der Waals surface area contributed by atoms with Crippen LogP contribution in [0.1, 0.15) is 25.8 Å². The van der Waals surface area contributed by atoms with Gasteiger partial charge in [0.2, 0.25) is 5.91 Å². The molecule has 1 aromatic rings. The predicted octanol–water partition coefficient (Wildman–Crippen LogP) is 1.78. The zero-order chi connectivity index (χ0) is 14.5. The molecule has 0 aliphatic carbocycles. The normalized spacial score (nSPS) is 22.8. The topological polar surface area (TPSA) is 52.6 Å². The molecule has 1 saturated heterocycles. The van der Waals surface area contributed by atoms with Crippen molar-refractivity contribution in [3.63, 3.8) is 0 Å². The van der Waals surface area contributed by atoms with Crippen LogP contribution >= 0.6 is 0 Å². The molecule has 1 aliphatic rings. The van der Waals surface area contributed by atoms with Crippen molar-refractivity contribution < 1.29 is 9.90 Å². The number of hydrogen-bond acceptors (Lipinski definition) is 3. The molecule has 2 unspecified atom stereocenters. The lowest BCUT2D eigenvalue weighted by molar-refractivity contribution is -0.132. The molecular weight excluding hydrogens is 252 g/mol. The van der Waals surface area contributed by atoms with Gasteiger partial charge in [-0.2, -0.15) is 0 Å². The smallest absolute Gasteiger partial charge is 0.227 e. The zero-order valence-corrected chi connectivity index (χ0v) is 12.3. The number of likely N-dealkylation sites (tertiary alicyclic amines) is 1. The first kappa shape index (κ1) is 14.9. The minimum Gasteiger partial charge on any atom is -0.508 e. The van der Waals surface area contributed by atoms with E-state index in [9.17, 15) is 9.90 Å². The van der Waals surface area contributed by atoms with E-state index in [1.807, 2.05) is 11.0 Å². The number of phenolic OH excluding ortho intramolecular Hbond substituents is 1. The number of benzene rings is 1. The highest BCUT2D eigenvalue weighted by Crippen LogP contribution is 2.18. The van der Waals surface area contributed by atoms with Crippen LogP contribution in [-0.2, 0) is 11.2 Å². The van der Waals surface area contributed by atoms with Crippen molar-refractivity contribution in [3.8, 4) is 5.75 Å². The van der Waals surface area contributed by atoms with Crippen molar-refractivity contribution in [2.45, 2.75) is 32.7 Å². The predicted molar refractivity (Wildman–Crippen MR) is 79.6 cm³/mol. The van der Waals surface area contributed by atoms with E-state index >= 15 is 0 Å². The van der Waals surface area contributed by atoms with Gasteiger partial charge in [0.1, 0.15) is 5.75 Å². The molecule has 1 aromatic carbocycles. The van der Waals surface area contributed by atoms with Crippen LogP contribution in [0.15, 0.2) is 24.3 Å². The number of carbonyl (C=O) groups is 1. The van der Waals surface area contributed by atoms with Crippen LogP contribution < -0.4 is 5.32 Å². The molecule has 1 heterocycles. The summed E-state index contributed by atoms with van der Waals surface area (Å²) in [5.41, 5.74) is 0.872. The fraction of sp³-hybridized carbons (Fsp3) is 0.562. The van der Waals surface area contributed by atoms with Gasteiger partial charge < -0.3 is 15.3 Å². The molecule has 1 fully saturated rings. The van der Waals surface area contributed by atoms with E-state index in [2.05, 4.69) is 19.2 Å². The van der Waals surface area contributed by atoms with E-state index in [1.165, 1.54) is 0 Å². The Labute approximate surface area is 120 Å². The van der Waals surface area contributed by atoms with E-state index in [1.54, 1.807) is 18.2 Å². The van der Waals surface area contributed by atoms with Gasteiger partial charge in [0.05, 0.1) is 6.42 Å². The molecule has 4 heteroatoms. The van der Waals surface area contributed by atoms with Crippen LogP contribution in [0.4, 0.5) is 0 Å². The Morgan fingerprint density at radius 3 is 2.95 bits per heavy atom. The van der Waals surface area contributed by atoms with Crippen molar-refractivity contribution in [2.75, 3.05) is 19.6 Å². The number of hydrogen-bond donors (Lipinski definition) is 2. The van der Waals surface area contributed by atoms with Gasteiger partial charge in [-0.25, -0.2) is 0 Å². The molecule has 110 valence electrons. The van der Waals surface area contributed by atoms with E-state index < -0.39 is 0 Å². The first-order chi connectivity index (χ1) is 9.60. The second-order valence-electron chi connectivity index (χ2n) is 5.62. The number of piperidine rings is 1. The van der Waals surface area contributed by atoms with E-state index in [0.717, 1.165) is 31.6 Å². The molecule has 1 aliphatic heterocycles. The number of nitrogens with zero attached hydrogens (tertiary/aromatic N) is 1.